The largest absolute Gasteiger partial charge is 0.445 e. The molecule has 1 amide bonds. The van der Waals surface area contributed by atoms with Gasteiger partial charge in [-0.05, 0) is 55.0 Å². The molecule has 9 heteroatoms. The molecule has 6 rings (SSSR count). The highest BCUT2D eigenvalue weighted by molar-refractivity contribution is 7.86. The Hall–Kier alpha value is -3.69. The zero-order chi connectivity index (χ0) is 26.3. The van der Waals surface area contributed by atoms with Crippen LogP contribution in [0.3, 0.4) is 0 Å². The average molecular weight is 532 g/mol. The normalized spacial score (nSPS) is 19.7. The van der Waals surface area contributed by atoms with Crippen LogP contribution in [-0.2, 0) is 25.6 Å². The van der Waals surface area contributed by atoms with E-state index >= 15 is 0 Å². The van der Waals surface area contributed by atoms with Gasteiger partial charge >= 0.3 is 6.09 Å². The lowest BCUT2D eigenvalue weighted by Crippen LogP contribution is -2.33. The zero-order valence-electron chi connectivity index (χ0n) is 21.1. The molecule has 2 aliphatic rings. The number of pyridine rings is 1. The number of rotatable bonds is 7. The first kappa shape index (κ1) is 24.6. The second-order valence-electron chi connectivity index (χ2n) is 10.1. The summed E-state index contributed by atoms with van der Waals surface area (Å²) in [5.74, 6) is 0.603. The van der Waals surface area contributed by atoms with Gasteiger partial charge in [-0.2, -0.15) is 8.42 Å². The van der Waals surface area contributed by atoms with E-state index in [-0.39, 0.29) is 24.5 Å². The van der Waals surface area contributed by atoms with Gasteiger partial charge in [-0.1, -0.05) is 54.1 Å². The van der Waals surface area contributed by atoms with Gasteiger partial charge in [-0.3, -0.25) is 9.08 Å². The maximum Gasteiger partial charge on any atom is 0.410 e. The number of fused-ring (bicyclic) bond motifs is 1. The number of aromatic nitrogens is 2. The van der Waals surface area contributed by atoms with E-state index < -0.39 is 28.4 Å². The summed E-state index contributed by atoms with van der Waals surface area (Å²) in [7, 11) is -4.01. The summed E-state index contributed by atoms with van der Waals surface area (Å²) in [4.78, 5) is 19.6. The minimum atomic E-state index is -4.01. The van der Waals surface area contributed by atoms with Crippen LogP contribution in [0.5, 0.6) is 0 Å². The predicted octanol–water partition coefficient (Wildman–Crippen LogP) is 5.38. The molecule has 196 valence electrons. The fourth-order valence-electron chi connectivity index (χ4n) is 4.94. The number of benzene rings is 2. The van der Waals surface area contributed by atoms with E-state index in [1.165, 1.54) is 35.4 Å². The van der Waals surface area contributed by atoms with Crippen molar-refractivity contribution in [3.63, 3.8) is 0 Å². The Morgan fingerprint density at radius 3 is 2.50 bits per heavy atom. The van der Waals surface area contributed by atoms with Crippen LogP contribution >= 0.6 is 0 Å². The molecule has 2 atom stereocenters. The fraction of sp³-hybridized carbons (Fsp3) is 0.310. The number of carbonyl (C=O) groups is 1. The molecule has 4 aromatic rings. The van der Waals surface area contributed by atoms with Gasteiger partial charge in [-0.25, -0.2) is 9.78 Å². The highest BCUT2D eigenvalue weighted by Crippen LogP contribution is 2.40. The van der Waals surface area contributed by atoms with Crippen molar-refractivity contribution >= 4 is 21.9 Å². The summed E-state index contributed by atoms with van der Waals surface area (Å²) in [6, 6.07) is 19.6. The molecule has 2 aromatic heterocycles. The molecule has 1 saturated heterocycles. The van der Waals surface area contributed by atoms with Crippen molar-refractivity contribution in [3.8, 4) is 0 Å². The van der Waals surface area contributed by atoms with Crippen molar-refractivity contribution in [1.82, 2.24) is 14.3 Å². The first-order valence-corrected chi connectivity index (χ1v) is 14.2. The summed E-state index contributed by atoms with van der Waals surface area (Å²) in [6.07, 6.45) is 5.42. The molecule has 2 aromatic carbocycles. The summed E-state index contributed by atoms with van der Waals surface area (Å²) in [5.41, 5.74) is 4.55. The molecule has 2 fully saturated rings. The lowest BCUT2D eigenvalue weighted by molar-refractivity contribution is 0.0886. The summed E-state index contributed by atoms with van der Waals surface area (Å²) in [6.45, 7) is 2.08. The number of nitrogens with zero attached hydrogens (tertiary/aromatic N) is 3. The number of hydrogen-bond donors (Lipinski definition) is 0. The van der Waals surface area contributed by atoms with Crippen LogP contribution in [0, 0.1) is 6.92 Å². The van der Waals surface area contributed by atoms with Gasteiger partial charge in [0, 0.05) is 18.8 Å². The Bertz CT molecular complexity index is 1560. The maximum atomic E-state index is 13.3. The molecule has 1 aliphatic carbocycles. The lowest BCUT2D eigenvalue weighted by atomic mass is 10.1. The Balaban J connectivity index is 1.26. The van der Waals surface area contributed by atoms with Gasteiger partial charge in [0.15, 0.2) is 0 Å². The number of imidazole rings is 1. The second-order valence-corrected chi connectivity index (χ2v) is 11.7. The van der Waals surface area contributed by atoms with Crippen LogP contribution < -0.4 is 0 Å². The molecule has 1 aliphatic heterocycles. The van der Waals surface area contributed by atoms with Crippen LogP contribution in [0.2, 0.25) is 0 Å². The smallest absolute Gasteiger partial charge is 0.410 e. The van der Waals surface area contributed by atoms with Crippen LogP contribution in [0.25, 0.3) is 5.65 Å². The van der Waals surface area contributed by atoms with Crippen LogP contribution in [0.4, 0.5) is 4.79 Å². The van der Waals surface area contributed by atoms with Crippen molar-refractivity contribution in [2.75, 3.05) is 6.54 Å². The second kappa shape index (κ2) is 9.89. The van der Waals surface area contributed by atoms with Crippen molar-refractivity contribution in [2.45, 2.75) is 55.8 Å². The van der Waals surface area contributed by atoms with Crippen LogP contribution in [0.1, 0.15) is 53.6 Å². The third-order valence-corrected chi connectivity index (χ3v) is 8.53. The summed E-state index contributed by atoms with van der Waals surface area (Å²) in [5, 5.41) is 0. The van der Waals surface area contributed by atoms with Crippen LogP contribution in [0.15, 0.2) is 84.0 Å². The van der Waals surface area contributed by atoms with Crippen molar-refractivity contribution in [1.29, 1.82) is 0 Å². The number of aryl methyl sites for hydroxylation is 1. The molecule has 0 unspecified atom stereocenters. The van der Waals surface area contributed by atoms with Gasteiger partial charge < -0.3 is 9.14 Å². The summed E-state index contributed by atoms with van der Waals surface area (Å²) < 4.78 is 39.2. The lowest BCUT2D eigenvalue weighted by Gasteiger charge is -2.22. The van der Waals surface area contributed by atoms with E-state index in [4.69, 9.17) is 13.9 Å². The summed E-state index contributed by atoms with van der Waals surface area (Å²) >= 11 is 0. The van der Waals surface area contributed by atoms with Gasteiger partial charge in [0.1, 0.15) is 12.3 Å². The predicted molar refractivity (Wildman–Crippen MR) is 141 cm³/mol. The van der Waals surface area contributed by atoms with Gasteiger partial charge in [0.05, 0.1) is 29.3 Å². The monoisotopic (exact) mass is 531 g/mol. The first-order valence-electron chi connectivity index (χ1n) is 12.8. The quantitative estimate of drug-likeness (QED) is 0.298. The SMILES string of the molecule is Cc1ccc(S(=O)(=O)O[C@@H]2C[C@H](c3cn4cc(C5CC5)ccc4n3)N(C(=O)OCc3ccccc3)C2)cc1. The minimum Gasteiger partial charge on any atom is -0.445 e. The highest BCUT2D eigenvalue weighted by Gasteiger charge is 2.41. The molecule has 38 heavy (non-hydrogen) atoms. The van der Waals surface area contributed by atoms with Crippen molar-refractivity contribution in [3.05, 3.63) is 102 Å². The molecule has 0 bridgehead atoms. The maximum absolute atomic E-state index is 13.3. The first-order chi connectivity index (χ1) is 18.4. The van der Waals surface area contributed by atoms with E-state index in [2.05, 4.69) is 12.3 Å². The molecular formula is C29H29N3O5S. The average Bonchev–Trinajstić information content (AvgIpc) is 3.55. The van der Waals surface area contributed by atoms with Crippen molar-refractivity contribution < 1.29 is 22.1 Å². The van der Waals surface area contributed by atoms with Gasteiger partial charge in [-0.15, -0.1) is 0 Å². The minimum absolute atomic E-state index is 0.0740. The third-order valence-electron chi connectivity index (χ3n) is 7.16. The van der Waals surface area contributed by atoms with Gasteiger partial charge in [0.25, 0.3) is 10.1 Å². The van der Waals surface area contributed by atoms with E-state index in [1.807, 2.05) is 53.9 Å². The van der Waals surface area contributed by atoms with E-state index in [9.17, 15) is 13.2 Å². The van der Waals surface area contributed by atoms with Crippen LogP contribution in [-0.4, -0.2) is 41.4 Å². The number of ether oxygens (including phenoxy) is 1. The molecule has 3 heterocycles. The number of likely N-dealkylation sites (tertiary alicyclic amines) is 1. The van der Waals surface area contributed by atoms with E-state index in [0.717, 1.165) is 16.8 Å². The Labute approximate surface area is 222 Å². The number of carbonyl (C=O) groups excluding carboxylic acids is 1. The Kier molecular flexibility index (Phi) is 6.41. The van der Waals surface area contributed by atoms with E-state index in [1.54, 1.807) is 12.1 Å². The molecular weight excluding hydrogens is 502 g/mol. The molecule has 0 spiro atoms. The van der Waals surface area contributed by atoms with Crippen molar-refractivity contribution in [2.24, 2.45) is 0 Å². The number of hydrogen-bond acceptors (Lipinski definition) is 6. The zero-order valence-corrected chi connectivity index (χ0v) is 21.9. The molecule has 0 radical (unpaired) electrons. The molecule has 0 N–H and O–H groups in total. The Morgan fingerprint density at radius 2 is 1.76 bits per heavy atom. The third kappa shape index (κ3) is 5.16. The topological polar surface area (TPSA) is 90.2 Å². The van der Waals surface area contributed by atoms with E-state index in [0.29, 0.717) is 11.6 Å². The highest BCUT2D eigenvalue weighted by atomic mass is 32.2. The molecule has 1 saturated carbocycles. The Morgan fingerprint density at radius 1 is 1.00 bits per heavy atom. The van der Waals surface area contributed by atoms with Gasteiger partial charge in [0.2, 0.25) is 0 Å². The molecule has 8 nitrogen and oxygen atoms in total. The standard InChI is InChI=1S/C29H29N3O5S/c1-20-7-12-25(13-8-20)38(34,35)37-24-15-27(32(17-24)29(33)36-19-21-5-3-2-4-6-21)26-18-31-16-23(22-9-10-22)11-14-28(31)30-26/h2-8,11-14,16,18,22,24,27H,9-10,15,17,19H2,1H3/t24-,27-/m1/s1. The fourth-order valence-corrected chi connectivity index (χ4v) is 6.02. The number of amides is 1.